The molecular formula is C18H22FN3O3S. The molecular weight excluding hydrogens is 357 g/mol. The third-order valence-electron chi connectivity index (χ3n) is 4.00. The van der Waals surface area contributed by atoms with Crippen molar-refractivity contribution >= 4 is 15.9 Å². The summed E-state index contributed by atoms with van der Waals surface area (Å²) >= 11 is 0. The van der Waals surface area contributed by atoms with Crippen LogP contribution in [-0.4, -0.2) is 36.7 Å². The van der Waals surface area contributed by atoms with Crippen LogP contribution in [0.1, 0.15) is 42.9 Å². The molecule has 1 amide bonds. The van der Waals surface area contributed by atoms with Gasteiger partial charge in [-0.2, -0.15) is 4.31 Å². The molecule has 0 bridgehead atoms. The summed E-state index contributed by atoms with van der Waals surface area (Å²) in [5, 5.41) is 2.64. The van der Waals surface area contributed by atoms with E-state index >= 15 is 0 Å². The minimum atomic E-state index is -3.78. The molecule has 1 aromatic carbocycles. The van der Waals surface area contributed by atoms with Crippen LogP contribution in [-0.2, 0) is 10.0 Å². The molecule has 1 aromatic heterocycles. The fourth-order valence-electron chi connectivity index (χ4n) is 2.53. The number of amides is 1. The van der Waals surface area contributed by atoms with Gasteiger partial charge in [0.25, 0.3) is 5.91 Å². The van der Waals surface area contributed by atoms with Crippen molar-refractivity contribution in [2.45, 2.75) is 31.7 Å². The summed E-state index contributed by atoms with van der Waals surface area (Å²) in [5.74, 6) is -1.48. The van der Waals surface area contributed by atoms with E-state index in [0.717, 1.165) is 12.1 Å². The summed E-state index contributed by atoms with van der Waals surface area (Å²) in [6.45, 7) is 5.72. The van der Waals surface area contributed by atoms with E-state index in [4.69, 9.17) is 0 Å². The summed E-state index contributed by atoms with van der Waals surface area (Å²) in [6, 6.07) is 8.05. The van der Waals surface area contributed by atoms with Crippen LogP contribution in [0.3, 0.4) is 0 Å². The van der Waals surface area contributed by atoms with Crippen molar-refractivity contribution in [1.82, 2.24) is 14.6 Å². The molecule has 8 heteroatoms. The van der Waals surface area contributed by atoms with E-state index in [1.165, 1.54) is 10.4 Å². The first kappa shape index (κ1) is 20.0. The Balaban J connectivity index is 2.31. The average Bonchev–Trinajstić information content (AvgIpc) is 2.63. The molecule has 0 spiro atoms. The third kappa shape index (κ3) is 4.25. The van der Waals surface area contributed by atoms with Crippen LogP contribution >= 0.6 is 0 Å². The van der Waals surface area contributed by atoms with Crippen molar-refractivity contribution in [2.24, 2.45) is 0 Å². The fourth-order valence-corrected chi connectivity index (χ4v) is 4.02. The molecule has 2 rings (SSSR count). The molecule has 6 nitrogen and oxygen atoms in total. The highest BCUT2D eigenvalue weighted by Gasteiger charge is 2.24. The topological polar surface area (TPSA) is 79.4 Å². The van der Waals surface area contributed by atoms with Crippen molar-refractivity contribution in [3.8, 4) is 0 Å². The first-order valence-electron chi connectivity index (χ1n) is 8.32. The number of pyridine rings is 1. The number of nitrogens with one attached hydrogen (secondary N) is 1. The lowest BCUT2D eigenvalue weighted by atomic mass is 10.1. The molecule has 0 aliphatic rings. The largest absolute Gasteiger partial charge is 0.344 e. The second-order valence-corrected chi connectivity index (χ2v) is 7.62. The minimum absolute atomic E-state index is 0.113. The number of aromatic nitrogens is 1. The van der Waals surface area contributed by atoms with Crippen molar-refractivity contribution < 1.29 is 17.6 Å². The molecule has 2 aromatic rings. The van der Waals surface area contributed by atoms with Gasteiger partial charge < -0.3 is 5.32 Å². The van der Waals surface area contributed by atoms with Crippen LogP contribution in [0.25, 0.3) is 0 Å². The van der Waals surface area contributed by atoms with Gasteiger partial charge in [0.05, 0.1) is 22.2 Å². The zero-order valence-corrected chi connectivity index (χ0v) is 15.8. The van der Waals surface area contributed by atoms with E-state index in [-0.39, 0.29) is 23.5 Å². The van der Waals surface area contributed by atoms with Crippen molar-refractivity contribution in [1.29, 1.82) is 0 Å². The highest BCUT2D eigenvalue weighted by Crippen LogP contribution is 2.20. The zero-order chi connectivity index (χ0) is 19.3. The number of halogens is 1. The van der Waals surface area contributed by atoms with E-state index in [9.17, 15) is 17.6 Å². The Bertz CT molecular complexity index is 869. The number of hydrogen-bond donors (Lipinski definition) is 1. The van der Waals surface area contributed by atoms with E-state index in [1.54, 1.807) is 45.2 Å². The van der Waals surface area contributed by atoms with Gasteiger partial charge in [0.2, 0.25) is 10.0 Å². The van der Waals surface area contributed by atoms with Gasteiger partial charge in [0, 0.05) is 19.3 Å². The quantitative estimate of drug-likeness (QED) is 0.802. The summed E-state index contributed by atoms with van der Waals surface area (Å²) in [4.78, 5) is 16.5. The van der Waals surface area contributed by atoms with Crippen LogP contribution in [0.4, 0.5) is 4.39 Å². The van der Waals surface area contributed by atoms with Gasteiger partial charge >= 0.3 is 0 Å². The maximum atomic E-state index is 14.1. The molecule has 1 unspecified atom stereocenters. The first-order valence-corrected chi connectivity index (χ1v) is 9.76. The molecule has 140 valence electrons. The van der Waals surface area contributed by atoms with Gasteiger partial charge in [0.15, 0.2) is 0 Å². The third-order valence-corrected chi connectivity index (χ3v) is 6.05. The number of nitrogens with zero attached hydrogens (tertiary/aromatic N) is 2. The number of carbonyl (C=O) groups excluding carboxylic acids is 1. The molecule has 0 saturated carbocycles. The number of hydrogen-bond acceptors (Lipinski definition) is 4. The number of benzene rings is 1. The van der Waals surface area contributed by atoms with Crippen LogP contribution in [0, 0.1) is 5.82 Å². The molecule has 0 fully saturated rings. The summed E-state index contributed by atoms with van der Waals surface area (Å²) < 4.78 is 40.6. The molecule has 1 atom stereocenters. The van der Waals surface area contributed by atoms with Gasteiger partial charge in [-0.1, -0.05) is 19.9 Å². The average molecular weight is 379 g/mol. The van der Waals surface area contributed by atoms with Crippen LogP contribution in [0.15, 0.2) is 47.5 Å². The Morgan fingerprint density at radius 1 is 1.23 bits per heavy atom. The lowest BCUT2D eigenvalue weighted by Crippen LogP contribution is -2.31. The predicted octanol–water partition coefficient (Wildman–Crippen LogP) is 2.74. The SMILES string of the molecule is CCN(CC)S(=O)(=O)c1ccc(F)c(C(=O)NC(C)c2ccccn2)c1. The van der Waals surface area contributed by atoms with E-state index < -0.39 is 27.8 Å². The summed E-state index contributed by atoms with van der Waals surface area (Å²) in [5.41, 5.74) is 0.300. The Morgan fingerprint density at radius 2 is 1.92 bits per heavy atom. The second kappa shape index (κ2) is 8.37. The number of carbonyl (C=O) groups is 1. The Labute approximate surface area is 153 Å². The van der Waals surface area contributed by atoms with Gasteiger partial charge in [-0.3, -0.25) is 9.78 Å². The highest BCUT2D eigenvalue weighted by molar-refractivity contribution is 7.89. The lowest BCUT2D eigenvalue weighted by molar-refractivity contribution is 0.0935. The normalized spacial score (nSPS) is 12.8. The minimum Gasteiger partial charge on any atom is -0.344 e. The zero-order valence-electron chi connectivity index (χ0n) is 14.9. The highest BCUT2D eigenvalue weighted by atomic mass is 32.2. The van der Waals surface area contributed by atoms with Gasteiger partial charge in [-0.25, -0.2) is 12.8 Å². The Kier molecular flexibility index (Phi) is 6.44. The second-order valence-electron chi connectivity index (χ2n) is 5.68. The van der Waals surface area contributed by atoms with Crippen molar-refractivity contribution in [3.63, 3.8) is 0 Å². The molecule has 0 saturated heterocycles. The van der Waals surface area contributed by atoms with Gasteiger partial charge in [-0.15, -0.1) is 0 Å². The standard InChI is InChI=1S/C18H22FN3O3S/c1-4-22(5-2)26(24,25)14-9-10-16(19)15(12-14)18(23)21-13(3)17-8-6-7-11-20-17/h6-13H,4-5H2,1-3H3,(H,21,23). The van der Waals surface area contributed by atoms with E-state index in [0.29, 0.717) is 5.69 Å². The molecule has 1 heterocycles. The molecule has 0 aliphatic carbocycles. The predicted molar refractivity (Wildman–Crippen MR) is 96.6 cm³/mol. The smallest absolute Gasteiger partial charge is 0.254 e. The first-order chi connectivity index (χ1) is 12.3. The van der Waals surface area contributed by atoms with Gasteiger partial charge in [-0.05, 0) is 37.3 Å². The van der Waals surface area contributed by atoms with Crippen LogP contribution in [0.5, 0.6) is 0 Å². The lowest BCUT2D eigenvalue weighted by Gasteiger charge is -2.19. The van der Waals surface area contributed by atoms with E-state index in [2.05, 4.69) is 10.3 Å². The summed E-state index contributed by atoms with van der Waals surface area (Å²) in [6.07, 6.45) is 1.59. The molecule has 26 heavy (non-hydrogen) atoms. The Morgan fingerprint density at radius 3 is 2.50 bits per heavy atom. The van der Waals surface area contributed by atoms with E-state index in [1.807, 2.05) is 0 Å². The fraction of sp³-hybridized carbons (Fsp3) is 0.333. The van der Waals surface area contributed by atoms with Crippen LogP contribution in [0.2, 0.25) is 0 Å². The maximum Gasteiger partial charge on any atom is 0.254 e. The van der Waals surface area contributed by atoms with Crippen molar-refractivity contribution in [3.05, 3.63) is 59.7 Å². The van der Waals surface area contributed by atoms with Crippen molar-refractivity contribution in [2.75, 3.05) is 13.1 Å². The number of sulfonamides is 1. The maximum absolute atomic E-state index is 14.1. The Hall–Kier alpha value is -2.32. The van der Waals surface area contributed by atoms with Crippen LogP contribution < -0.4 is 5.32 Å². The molecule has 0 aliphatic heterocycles. The van der Waals surface area contributed by atoms with Gasteiger partial charge in [0.1, 0.15) is 5.82 Å². The molecule has 1 N–H and O–H groups in total. The molecule has 0 radical (unpaired) electrons. The number of rotatable bonds is 7. The summed E-state index contributed by atoms with van der Waals surface area (Å²) in [7, 11) is -3.78. The monoisotopic (exact) mass is 379 g/mol.